The third-order valence-electron chi connectivity index (χ3n) is 2.15. The predicted molar refractivity (Wildman–Crippen MR) is 77.3 cm³/mol. The molecule has 0 saturated carbocycles. The molecule has 0 fully saturated rings. The molecule has 19 heavy (non-hydrogen) atoms. The summed E-state index contributed by atoms with van der Waals surface area (Å²) in [6.07, 6.45) is 1.47. The number of ether oxygens (including phenoxy) is 1. The number of alkyl halides is 1. The van der Waals surface area contributed by atoms with Crippen molar-refractivity contribution in [3.8, 4) is 5.88 Å². The second-order valence-corrected chi connectivity index (χ2v) is 6.74. The van der Waals surface area contributed by atoms with Crippen LogP contribution in [-0.2, 0) is 10.0 Å². The summed E-state index contributed by atoms with van der Waals surface area (Å²) in [6, 6.07) is 3.27. The van der Waals surface area contributed by atoms with Gasteiger partial charge in [0.2, 0.25) is 15.9 Å². The van der Waals surface area contributed by atoms with Gasteiger partial charge in [-0.3, -0.25) is 4.72 Å². The van der Waals surface area contributed by atoms with Crippen molar-refractivity contribution in [2.45, 2.75) is 26.9 Å². The SMILES string of the molecule is CC(CCl)CS(=O)(=O)Nc1cccnc1OC(C)C. The van der Waals surface area contributed by atoms with Crippen molar-refractivity contribution >= 4 is 27.3 Å². The highest BCUT2D eigenvalue weighted by Gasteiger charge is 2.18. The summed E-state index contributed by atoms with van der Waals surface area (Å²) >= 11 is 5.63. The van der Waals surface area contributed by atoms with E-state index in [4.69, 9.17) is 16.3 Å². The molecular weight excluding hydrogens is 288 g/mol. The Labute approximate surface area is 119 Å². The van der Waals surface area contributed by atoms with Crippen molar-refractivity contribution < 1.29 is 13.2 Å². The van der Waals surface area contributed by atoms with Crippen LogP contribution in [0, 0.1) is 5.92 Å². The molecule has 1 unspecified atom stereocenters. The molecule has 1 heterocycles. The fourth-order valence-corrected chi connectivity index (χ4v) is 3.09. The minimum absolute atomic E-state index is 0.0352. The third-order valence-corrected chi connectivity index (χ3v) is 4.22. The average Bonchev–Trinajstić information content (AvgIpc) is 2.30. The topological polar surface area (TPSA) is 68.3 Å². The highest BCUT2D eigenvalue weighted by Crippen LogP contribution is 2.23. The van der Waals surface area contributed by atoms with Crippen LogP contribution in [0.25, 0.3) is 0 Å². The molecule has 0 aliphatic rings. The van der Waals surface area contributed by atoms with Gasteiger partial charge in [0.25, 0.3) is 0 Å². The van der Waals surface area contributed by atoms with Crippen LogP contribution in [-0.4, -0.2) is 31.1 Å². The fraction of sp³-hybridized carbons (Fsp3) is 0.583. The van der Waals surface area contributed by atoms with Crippen molar-refractivity contribution in [3.63, 3.8) is 0 Å². The molecule has 1 aromatic heterocycles. The van der Waals surface area contributed by atoms with Gasteiger partial charge in [-0.2, -0.15) is 0 Å². The molecule has 5 nitrogen and oxygen atoms in total. The first-order valence-electron chi connectivity index (χ1n) is 6.02. The number of sulfonamides is 1. The van der Waals surface area contributed by atoms with Crippen LogP contribution in [0.4, 0.5) is 5.69 Å². The molecule has 0 bridgehead atoms. The van der Waals surface area contributed by atoms with E-state index >= 15 is 0 Å². The Morgan fingerprint density at radius 1 is 1.42 bits per heavy atom. The summed E-state index contributed by atoms with van der Waals surface area (Å²) in [5.74, 6) is 0.417. The molecule has 1 N–H and O–H groups in total. The summed E-state index contributed by atoms with van der Waals surface area (Å²) in [4.78, 5) is 4.03. The van der Waals surface area contributed by atoms with E-state index in [-0.39, 0.29) is 23.7 Å². The highest BCUT2D eigenvalue weighted by atomic mass is 35.5. The summed E-state index contributed by atoms with van der Waals surface area (Å²) in [6.45, 7) is 5.48. The number of hydrogen-bond acceptors (Lipinski definition) is 4. The number of halogens is 1. The molecule has 0 saturated heterocycles. The second-order valence-electron chi connectivity index (χ2n) is 4.67. The fourth-order valence-electron chi connectivity index (χ4n) is 1.41. The Hall–Kier alpha value is -1.01. The van der Waals surface area contributed by atoms with Crippen LogP contribution in [0.3, 0.4) is 0 Å². The lowest BCUT2D eigenvalue weighted by Crippen LogP contribution is -2.23. The zero-order valence-corrected chi connectivity index (χ0v) is 12.8. The number of pyridine rings is 1. The number of aromatic nitrogens is 1. The Kier molecular flexibility index (Phi) is 5.87. The molecule has 7 heteroatoms. The minimum atomic E-state index is -3.46. The van der Waals surface area contributed by atoms with Crippen LogP contribution >= 0.6 is 11.6 Å². The van der Waals surface area contributed by atoms with Gasteiger partial charge in [-0.05, 0) is 31.9 Å². The molecule has 108 valence electrons. The number of hydrogen-bond donors (Lipinski definition) is 1. The monoisotopic (exact) mass is 306 g/mol. The van der Waals surface area contributed by atoms with E-state index in [0.29, 0.717) is 11.6 Å². The molecule has 0 amide bonds. The van der Waals surface area contributed by atoms with Gasteiger partial charge >= 0.3 is 0 Å². The highest BCUT2D eigenvalue weighted by molar-refractivity contribution is 7.92. The number of anilines is 1. The molecule has 0 aliphatic heterocycles. The van der Waals surface area contributed by atoms with Gasteiger partial charge in [0.15, 0.2) is 0 Å². The maximum atomic E-state index is 12.0. The first-order chi connectivity index (χ1) is 8.84. The average molecular weight is 307 g/mol. The van der Waals surface area contributed by atoms with Gasteiger partial charge in [0.1, 0.15) is 5.69 Å². The van der Waals surface area contributed by atoms with Crippen molar-refractivity contribution in [3.05, 3.63) is 18.3 Å². The summed E-state index contributed by atoms with van der Waals surface area (Å²) < 4.78 is 31.9. The first-order valence-corrected chi connectivity index (χ1v) is 8.21. The number of nitrogens with zero attached hydrogens (tertiary/aromatic N) is 1. The van der Waals surface area contributed by atoms with Crippen LogP contribution < -0.4 is 9.46 Å². The smallest absolute Gasteiger partial charge is 0.238 e. The molecule has 0 spiro atoms. The van der Waals surface area contributed by atoms with Crippen LogP contribution in [0.5, 0.6) is 5.88 Å². The minimum Gasteiger partial charge on any atom is -0.473 e. The van der Waals surface area contributed by atoms with Crippen molar-refractivity contribution in [2.24, 2.45) is 5.92 Å². The van der Waals surface area contributed by atoms with Crippen LogP contribution in [0.15, 0.2) is 18.3 Å². The van der Waals surface area contributed by atoms with E-state index in [1.807, 2.05) is 13.8 Å². The molecule has 0 radical (unpaired) electrons. The maximum Gasteiger partial charge on any atom is 0.238 e. The number of rotatable bonds is 7. The van der Waals surface area contributed by atoms with Crippen molar-refractivity contribution in [1.82, 2.24) is 4.98 Å². The third kappa shape index (κ3) is 5.65. The second kappa shape index (κ2) is 6.96. The zero-order valence-electron chi connectivity index (χ0n) is 11.3. The van der Waals surface area contributed by atoms with Gasteiger partial charge < -0.3 is 4.74 Å². The molecule has 1 rings (SSSR count). The van der Waals surface area contributed by atoms with Gasteiger partial charge in [-0.25, -0.2) is 13.4 Å². The van der Waals surface area contributed by atoms with E-state index in [1.165, 1.54) is 0 Å². The van der Waals surface area contributed by atoms with Gasteiger partial charge in [-0.1, -0.05) is 6.92 Å². The Bertz CT molecular complexity index is 505. The van der Waals surface area contributed by atoms with Crippen molar-refractivity contribution in [1.29, 1.82) is 0 Å². The largest absolute Gasteiger partial charge is 0.473 e. The molecule has 0 aliphatic carbocycles. The lowest BCUT2D eigenvalue weighted by molar-refractivity contribution is 0.234. The summed E-state index contributed by atoms with van der Waals surface area (Å²) in [5.41, 5.74) is 0.345. The van der Waals surface area contributed by atoms with E-state index in [0.717, 1.165) is 0 Å². The maximum absolute atomic E-state index is 12.0. The van der Waals surface area contributed by atoms with E-state index in [1.54, 1.807) is 25.3 Å². The molecule has 0 aromatic carbocycles. The Morgan fingerprint density at radius 3 is 2.68 bits per heavy atom. The molecular formula is C12H19ClN2O3S. The van der Waals surface area contributed by atoms with E-state index < -0.39 is 10.0 Å². The van der Waals surface area contributed by atoms with Crippen LogP contribution in [0.1, 0.15) is 20.8 Å². The summed E-state index contributed by atoms with van der Waals surface area (Å²) in [5, 5.41) is 0. The number of nitrogens with one attached hydrogen (secondary N) is 1. The quantitative estimate of drug-likeness (QED) is 0.786. The lowest BCUT2D eigenvalue weighted by atomic mass is 10.3. The van der Waals surface area contributed by atoms with E-state index in [2.05, 4.69) is 9.71 Å². The Morgan fingerprint density at radius 2 is 2.11 bits per heavy atom. The first kappa shape index (κ1) is 16.0. The standard InChI is InChI=1S/C12H19ClN2O3S/c1-9(2)18-12-11(5-4-6-14-12)15-19(16,17)8-10(3)7-13/h4-6,9-10,15H,7-8H2,1-3H3. The van der Waals surface area contributed by atoms with Crippen molar-refractivity contribution in [2.75, 3.05) is 16.4 Å². The normalized spacial score (nSPS) is 13.3. The van der Waals surface area contributed by atoms with Gasteiger partial charge in [0.05, 0.1) is 11.9 Å². The van der Waals surface area contributed by atoms with Crippen LogP contribution in [0.2, 0.25) is 0 Å². The molecule has 1 aromatic rings. The lowest BCUT2D eigenvalue weighted by Gasteiger charge is -2.15. The van der Waals surface area contributed by atoms with E-state index in [9.17, 15) is 8.42 Å². The molecule has 1 atom stereocenters. The Balaban J connectivity index is 2.87. The zero-order chi connectivity index (χ0) is 14.5. The predicted octanol–water partition coefficient (Wildman–Crippen LogP) is 2.49. The van der Waals surface area contributed by atoms with Gasteiger partial charge in [0, 0.05) is 12.1 Å². The van der Waals surface area contributed by atoms with Gasteiger partial charge in [-0.15, -0.1) is 11.6 Å². The summed E-state index contributed by atoms with van der Waals surface area (Å²) in [7, 11) is -3.46.